The molecule has 1 amide bonds. The molecule has 24 heavy (non-hydrogen) atoms. The molecule has 0 aliphatic heterocycles. The Bertz CT molecular complexity index is 562. The number of amides is 1. The van der Waals surface area contributed by atoms with Gasteiger partial charge in [-0.3, -0.25) is 4.79 Å². The number of carbonyl (C=O) groups excluding carboxylic acids is 1. The molecule has 0 spiro atoms. The lowest BCUT2D eigenvalue weighted by molar-refractivity contribution is 0.0963. The van der Waals surface area contributed by atoms with Gasteiger partial charge in [0.05, 0.1) is 0 Å². The van der Waals surface area contributed by atoms with Gasteiger partial charge in [0, 0.05) is 24.6 Å². The van der Waals surface area contributed by atoms with E-state index in [4.69, 9.17) is 4.52 Å². The number of hydrogen-bond acceptors (Lipinski definition) is 4. The summed E-state index contributed by atoms with van der Waals surface area (Å²) in [5.74, 6) is 1.13. The molecule has 0 aliphatic rings. The highest BCUT2D eigenvalue weighted by molar-refractivity contribution is 5.94. The van der Waals surface area contributed by atoms with Crippen molar-refractivity contribution in [2.24, 2.45) is 0 Å². The van der Waals surface area contributed by atoms with Crippen LogP contribution in [-0.2, 0) is 6.42 Å². The monoisotopic (exact) mass is 333 g/mol. The van der Waals surface area contributed by atoms with Crippen LogP contribution in [0.4, 0.5) is 0 Å². The van der Waals surface area contributed by atoms with E-state index in [1.165, 1.54) is 12.8 Å². The fourth-order valence-electron chi connectivity index (χ4n) is 1.91. The first-order valence-electron chi connectivity index (χ1n) is 8.89. The summed E-state index contributed by atoms with van der Waals surface area (Å²) < 4.78 is 5.22. The second-order valence-electron chi connectivity index (χ2n) is 4.63. The SMILES string of the molecule is CC.CC.CCCCCc1nc(-c2ccc(C(=O)NC)cc2)no1. The number of aryl methyl sites for hydroxylation is 1. The van der Waals surface area contributed by atoms with E-state index in [0.717, 1.165) is 18.4 Å². The highest BCUT2D eigenvalue weighted by Crippen LogP contribution is 2.17. The Morgan fingerprint density at radius 3 is 2.25 bits per heavy atom. The third-order valence-corrected chi connectivity index (χ3v) is 3.09. The number of rotatable bonds is 6. The van der Waals surface area contributed by atoms with Crippen molar-refractivity contribution in [2.45, 2.75) is 60.3 Å². The highest BCUT2D eigenvalue weighted by atomic mass is 16.5. The fourth-order valence-corrected chi connectivity index (χ4v) is 1.91. The summed E-state index contributed by atoms with van der Waals surface area (Å²) in [6.45, 7) is 10.2. The lowest BCUT2D eigenvalue weighted by Gasteiger charge is -1.99. The van der Waals surface area contributed by atoms with Crippen LogP contribution >= 0.6 is 0 Å². The zero-order valence-corrected chi connectivity index (χ0v) is 15.8. The van der Waals surface area contributed by atoms with Gasteiger partial charge in [0.2, 0.25) is 11.7 Å². The predicted octanol–water partition coefficient (Wildman–Crippen LogP) is 4.88. The van der Waals surface area contributed by atoms with Gasteiger partial charge in [-0.15, -0.1) is 0 Å². The Balaban J connectivity index is 0.00000123. The molecule has 134 valence electrons. The molecular weight excluding hydrogens is 302 g/mol. The zero-order valence-electron chi connectivity index (χ0n) is 15.8. The first-order valence-corrected chi connectivity index (χ1v) is 8.89. The molecule has 2 rings (SSSR count). The second kappa shape index (κ2) is 13.3. The molecule has 1 aromatic heterocycles. The summed E-state index contributed by atoms with van der Waals surface area (Å²) in [6, 6.07) is 7.15. The lowest BCUT2D eigenvalue weighted by Crippen LogP contribution is -2.17. The quantitative estimate of drug-likeness (QED) is 0.765. The van der Waals surface area contributed by atoms with Crippen LogP contribution in [0.2, 0.25) is 0 Å². The van der Waals surface area contributed by atoms with Crippen molar-refractivity contribution in [2.75, 3.05) is 7.05 Å². The van der Waals surface area contributed by atoms with E-state index in [1.807, 2.05) is 39.8 Å². The van der Waals surface area contributed by atoms with Crippen molar-refractivity contribution in [1.29, 1.82) is 0 Å². The van der Waals surface area contributed by atoms with Crippen molar-refractivity contribution in [3.63, 3.8) is 0 Å². The number of unbranched alkanes of at least 4 members (excludes halogenated alkanes) is 2. The average molecular weight is 333 g/mol. The lowest BCUT2D eigenvalue weighted by atomic mass is 10.1. The van der Waals surface area contributed by atoms with Crippen molar-refractivity contribution in [3.05, 3.63) is 35.7 Å². The van der Waals surface area contributed by atoms with E-state index >= 15 is 0 Å². The van der Waals surface area contributed by atoms with Gasteiger partial charge < -0.3 is 9.84 Å². The predicted molar refractivity (Wildman–Crippen MR) is 99.0 cm³/mol. The first kappa shape index (κ1) is 21.8. The number of hydrogen-bond donors (Lipinski definition) is 1. The van der Waals surface area contributed by atoms with E-state index in [9.17, 15) is 4.79 Å². The zero-order chi connectivity index (χ0) is 18.4. The Morgan fingerprint density at radius 1 is 1.08 bits per heavy atom. The fraction of sp³-hybridized carbons (Fsp3) is 0.526. The number of aromatic nitrogens is 2. The molecule has 0 saturated carbocycles. The molecule has 1 N–H and O–H groups in total. The van der Waals surface area contributed by atoms with Crippen molar-refractivity contribution in [1.82, 2.24) is 15.5 Å². The Morgan fingerprint density at radius 2 is 1.71 bits per heavy atom. The van der Waals surface area contributed by atoms with Crippen LogP contribution in [0, 0.1) is 0 Å². The Labute approximate surface area is 145 Å². The van der Waals surface area contributed by atoms with Crippen LogP contribution in [0.3, 0.4) is 0 Å². The van der Waals surface area contributed by atoms with E-state index in [2.05, 4.69) is 22.4 Å². The average Bonchev–Trinajstić information content (AvgIpc) is 3.14. The second-order valence-corrected chi connectivity index (χ2v) is 4.63. The van der Waals surface area contributed by atoms with E-state index in [1.54, 1.807) is 19.2 Å². The number of carbonyl (C=O) groups is 1. The smallest absolute Gasteiger partial charge is 0.251 e. The maximum absolute atomic E-state index is 11.5. The Kier molecular flexibility index (Phi) is 12.1. The van der Waals surface area contributed by atoms with Gasteiger partial charge >= 0.3 is 0 Å². The van der Waals surface area contributed by atoms with Crippen LogP contribution in [0.15, 0.2) is 28.8 Å². The molecule has 0 radical (unpaired) electrons. The van der Waals surface area contributed by atoms with E-state index < -0.39 is 0 Å². The standard InChI is InChI=1S/C15H19N3O2.2C2H6/c1-3-4-5-6-13-17-14(18-20-13)11-7-9-12(10-8-11)15(19)16-2;2*1-2/h7-10H,3-6H2,1-2H3,(H,16,19);2*1-2H3. The van der Waals surface area contributed by atoms with Crippen LogP contribution in [0.5, 0.6) is 0 Å². The molecule has 2 aromatic rings. The minimum absolute atomic E-state index is 0.107. The van der Waals surface area contributed by atoms with Gasteiger partial charge in [0.1, 0.15) is 0 Å². The summed E-state index contributed by atoms with van der Waals surface area (Å²) in [5.41, 5.74) is 1.46. The molecule has 1 aromatic carbocycles. The molecule has 0 atom stereocenters. The minimum atomic E-state index is -0.107. The first-order chi connectivity index (χ1) is 11.7. The van der Waals surface area contributed by atoms with E-state index in [0.29, 0.717) is 17.3 Å². The molecular formula is C19H31N3O2. The van der Waals surface area contributed by atoms with E-state index in [-0.39, 0.29) is 5.91 Å². The molecule has 0 aliphatic carbocycles. The summed E-state index contributed by atoms with van der Waals surface area (Å²) in [7, 11) is 1.61. The van der Waals surface area contributed by atoms with Crippen LogP contribution < -0.4 is 5.32 Å². The Hall–Kier alpha value is -2.17. The van der Waals surface area contributed by atoms with Gasteiger partial charge in [-0.05, 0) is 18.6 Å². The van der Waals surface area contributed by atoms with Crippen LogP contribution in [0.25, 0.3) is 11.4 Å². The van der Waals surface area contributed by atoms with Gasteiger partial charge in [-0.25, -0.2) is 0 Å². The van der Waals surface area contributed by atoms with Crippen molar-refractivity contribution >= 4 is 5.91 Å². The summed E-state index contributed by atoms with van der Waals surface area (Å²) in [5, 5.41) is 6.56. The molecule has 0 saturated heterocycles. The normalized spacial score (nSPS) is 9.25. The number of benzene rings is 1. The van der Waals surface area contributed by atoms with Gasteiger partial charge in [0.15, 0.2) is 0 Å². The molecule has 1 heterocycles. The summed E-state index contributed by atoms with van der Waals surface area (Å²) in [4.78, 5) is 15.8. The van der Waals surface area contributed by atoms with Gasteiger partial charge in [0.25, 0.3) is 5.91 Å². The number of nitrogens with one attached hydrogen (secondary N) is 1. The maximum Gasteiger partial charge on any atom is 0.251 e. The molecule has 0 unspecified atom stereocenters. The maximum atomic E-state index is 11.5. The topological polar surface area (TPSA) is 68.0 Å². The molecule has 5 nitrogen and oxygen atoms in total. The van der Waals surface area contributed by atoms with Gasteiger partial charge in [-0.1, -0.05) is 64.7 Å². The summed E-state index contributed by atoms with van der Waals surface area (Å²) in [6.07, 6.45) is 4.21. The van der Waals surface area contributed by atoms with Crippen LogP contribution in [-0.4, -0.2) is 23.1 Å². The van der Waals surface area contributed by atoms with Crippen LogP contribution in [0.1, 0.15) is 70.1 Å². The van der Waals surface area contributed by atoms with Gasteiger partial charge in [-0.2, -0.15) is 4.98 Å². The highest BCUT2D eigenvalue weighted by Gasteiger charge is 2.09. The number of nitrogens with zero attached hydrogens (tertiary/aromatic N) is 2. The largest absolute Gasteiger partial charge is 0.355 e. The third-order valence-electron chi connectivity index (χ3n) is 3.09. The molecule has 5 heteroatoms. The minimum Gasteiger partial charge on any atom is -0.355 e. The third kappa shape index (κ3) is 6.94. The molecule has 0 fully saturated rings. The molecule has 0 bridgehead atoms. The summed E-state index contributed by atoms with van der Waals surface area (Å²) >= 11 is 0. The van der Waals surface area contributed by atoms with Crippen molar-refractivity contribution < 1.29 is 9.32 Å². The van der Waals surface area contributed by atoms with Crippen molar-refractivity contribution in [3.8, 4) is 11.4 Å².